The van der Waals surface area contributed by atoms with Gasteiger partial charge in [-0.2, -0.15) is 0 Å². The fourth-order valence-electron chi connectivity index (χ4n) is 1.89. The van der Waals surface area contributed by atoms with Crippen molar-refractivity contribution < 1.29 is 17.6 Å². The van der Waals surface area contributed by atoms with Crippen LogP contribution in [0.3, 0.4) is 0 Å². The highest BCUT2D eigenvalue weighted by Gasteiger charge is 2.14. The van der Waals surface area contributed by atoms with Crippen molar-refractivity contribution in [2.75, 3.05) is 7.05 Å². The van der Waals surface area contributed by atoms with Crippen molar-refractivity contribution in [3.05, 3.63) is 64.4 Å². The van der Waals surface area contributed by atoms with Crippen LogP contribution >= 0.6 is 11.6 Å². The van der Waals surface area contributed by atoms with Crippen LogP contribution in [-0.4, -0.2) is 21.4 Å². The monoisotopic (exact) mass is 356 g/mol. The van der Waals surface area contributed by atoms with Crippen molar-refractivity contribution >= 4 is 27.5 Å². The molecule has 2 rings (SSSR count). The van der Waals surface area contributed by atoms with Crippen molar-refractivity contribution in [3.8, 4) is 0 Å². The van der Waals surface area contributed by atoms with Crippen molar-refractivity contribution in [1.82, 2.24) is 10.0 Å². The number of sulfonamides is 1. The molecule has 0 bridgehead atoms. The third kappa shape index (κ3) is 4.28. The highest BCUT2D eigenvalue weighted by Crippen LogP contribution is 2.15. The van der Waals surface area contributed by atoms with Gasteiger partial charge in [-0.05, 0) is 42.9 Å². The third-order valence-electron chi connectivity index (χ3n) is 3.10. The van der Waals surface area contributed by atoms with E-state index in [1.807, 2.05) is 0 Å². The Morgan fingerprint density at radius 1 is 1.22 bits per heavy atom. The summed E-state index contributed by atoms with van der Waals surface area (Å²) in [7, 11) is -2.25. The number of nitrogens with one attached hydrogen (secondary N) is 2. The molecule has 0 heterocycles. The summed E-state index contributed by atoms with van der Waals surface area (Å²) in [6, 6.07) is 9.77. The molecule has 0 fully saturated rings. The molecule has 122 valence electrons. The van der Waals surface area contributed by atoms with Crippen LogP contribution in [0.4, 0.5) is 4.39 Å². The van der Waals surface area contributed by atoms with Crippen LogP contribution in [0, 0.1) is 5.82 Å². The standard InChI is InChI=1S/C15H14ClFN2O3S/c1-18-23(21,22)12-4-2-3-10(7-12)9-19-15(20)13-8-11(16)5-6-14(13)17/h2-8,18H,9H2,1H3,(H,19,20). The first kappa shape index (κ1) is 17.4. The van der Waals surface area contributed by atoms with E-state index in [4.69, 9.17) is 11.6 Å². The number of amides is 1. The Hall–Kier alpha value is -1.96. The lowest BCUT2D eigenvalue weighted by atomic mass is 10.2. The second-order valence-electron chi connectivity index (χ2n) is 4.66. The molecule has 23 heavy (non-hydrogen) atoms. The maximum atomic E-state index is 13.6. The van der Waals surface area contributed by atoms with E-state index in [9.17, 15) is 17.6 Å². The quantitative estimate of drug-likeness (QED) is 0.863. The summed E-state index contributed by atoms with van der Waals surface area (Å²) >= 11 is 5.74. The van der Waals surface area contributed by atoms with Crippen LogP contribution in [-0.2, 0) is 16.6 Å². The molecule has 0 unspecified atom stereocenters. The van der Waals surface area contributed by atoms with Crippen LogP contribution in [0.2, 0.25) is 5.02 Å². The van der Waals surface area contributed by atoms with Gasteiger partial charge in [0.1, 0.15) is 5.82 Å². The highest BCUT2D eigenvalue weighted by atomic mass is 35.5. The van der Waals surface area contributed by atoms with E-state index in [-0.39, 0.29) is 22.0 Å². The number of hydrogen-bond donors (Lipinski definition) is 2. The molecule has 0 spiro atoms. The van der Waals surface area contributed by atoms with Crippen LogP contribution in [0.1, 0.15) is 15.9 Å². The average molecular weight is 357 g/mol. The topological polar surface area (TPSA) is 75.3 Å². The number of carbonyl (C=O) groups excluding carboxylic acids is 1. The van der Waals surface area contributed by atoms with Gasteiger partial charge in [0, 0.05) is 11.6 Å². The van der Waals surface area contributed by atoms with E-state index < -0.39 is 21.7 Å². The van der Waals surface area contributed by atoms with Gasteiger partial charge >= 0.3 is 0 Å². The smallest absolute Gasteiger partial charge is 0.254 e. The van der Waals surface area contributed by atoms with E-state index in [0.717, 1.165) is 6.07 Å². The minimum atomic E-state index is -3.56. The lowest BCUT2D eigenvalue weighted by molar-refractivity contribution is 0.0947. The second-order valence-corrected chi connectivity index (χ2v) is 6.98. The number of rotatable bonds is 5. The van der Waals surface area contributed by atoms with Gasteiger partial charge in [-0.3, -0.25) is 4.79 Å². The maximum Gasteiger partial charge on any atom is 0.254 e. The van der Waals surface area contributed by atoms with Gasteiger partial charge in [-0.25, -0.2) is 17.5 Å². The van der Waals surface area contributed by atoms with Gasteiger partial charge in [0.25, 0.3) is 5.91 Å². The minimum Gasteiger partial charge on any atom is -0.348 e. The molecule has 0 aromatic heterocycles. The number of halogens is 2. The molecule has 0 aliphatic carbocycles. The van der Waals surface area contributed by atoms with E-state index in [0.29, 0.717) is 5.56 Å². The molecule has 0 atom stereocenters. The summed E-state index contributed by atoms with van der Waals surface area (Å²) in [4.78, 5) is 12.1. The van der Waals surface area contributed by atoms with E-state index in [1.54, 1.807) is 12.1 Å². The zero-order valence-corrected chi connectivity index (χ0v) is 13.7. The Morgan fingerprint density at radius 2 is 1.96 bits per heavy atom. The molecule has 0 radical (unpaired) electrons. The molecule has 1 amide bonds. The molecule has 0 aliphatic rings. The van der Waals surface area contributed by atoms with Crippen LogP contribution < -0.4 is 10.0 Å². The molecular weight excluding hydrogens is 343 g/mol. The zero-order chi connectivity index (χ0) is 17.0. The fraction of sp³-hybridized carbons (Fsp3) is 0.133. The minimum absolute atomic E-state index is 0.0534. The molecule has 5 nitrogen and oxygen atoms in total. The van der Waals surface area contributed by atoms with Gasteiger partial charge in [0.15, 0.2) is 0 Å². The van der Waals surface area contributed by atoms with Gasteiger partial charge in [-0.1, -0.05) is 23.7 Å². The summed E-state index contributed by atoms with van der Waals surface area (Å²) in [6.07, 6.45) is 0. The Bertz CT molecular complexity index is 840. The molecule has 8 heteroatoms. The summed E-state index contributed by atoms with van der Waals surface area (Å²) in [5.74, 6) is -1.31. The molecule has 0 aliphatic heterocycles. The van der Waals surface area contributed by atoms with Crippen molar-refractivity contribution in [1.29, 1.82) is 0 Å². The summed E-state index contributed by atoms with van der Waals surface area (Å²) in [5, 5.41) is 2.78. The van der Waals surface area contributed by atoms with E-state index in [1.165, 1.54) is 31.3 Å². The third-order valence-corrected chi connectivity index (χ3v) is 4.75. The number of hydrogen-bond acceptors (Lipinski definition) is 3. The summed E-state index contributed by atoms with van der Waals surface area (Å²) in [6.45, 7) is 0.0534. The van der Waals surface area contributed by atoms with Crippen molar-refractivity contribution in [3.63, 3.8) is 0 Å². The SMILES string of the molecule is CNS(=O)(=O)c1cccc(CNC(=O)c2cc(Cl)ccc2F)c1. The summed E-state index contributed by atoms with van der Waals surface area (Å²) in [5.41, 5.74) is 0.397. The first-order valence-corrected chi connectivity index (χ1v) is 8.45. The first-order chi connectivity index (χ1) is 10.8. The van der Waals surface area contributed by atoms with Crippen molar-refractivity contribution in [2.24, 2.45) is 0 Å². The second kappa shape index (κ2) is 7.08. The zero-order valence-electron chi connectivity index (χ0n) is 12.1. The molecule has 0 saturated heterocycles. The molecule has 2 N–H and O–H groups in total. The van der Waals surface area contributed by atoms with Gasteiger partial charge in [0.05, 0.1) is 10.5 Å². The van der Waals surface area contributed by atoms with Gasteiger partial charge < -0.3 is 5.32 Å². The summed E-state index contributed by atoms with van der Waals surface area (Å²) < 4.78 is 39.3. The Labute approximate surface area is 138 Å². The predicted octanol–water partition coefficient (Wildman–Crippen LogP) is 2.32. The lowest BCUT2D eigenvalue weighted by Gasteiger charge is -2.08. The normalized spacial score (nSPS) is 11.3. The largest absolute Gasteiger partial charge is 0.348 e. The molecular formula is C15H14ClFN2O3S. The van der Waals surface area contributed by atoms with Crippen molar-refractivity contribution in [2.45, 2.75) is 11.4 Å². The Morgan fingerprint density at radius 3 is 2.65 bits per heavy atom. The number of carbonyl (C=O) groups is 1. The molecule has 2 aromatic rings. The lowest BCUT2D eigenvalue weighted by Crippen LogP contribution is -2.24. The van der Waals surface area contributed by atoms with Crippen LogP contribution in [0.5, 0.6) is 0 Å². The number of benzene rings is 2. The molecule has 0 saturated carbocycles. The fourth-order valence-corrected chi connectivity index (χ4v) is 2.86. The van der Waals surface area contributed by atoms with E-state index in [2.05, 4.69) is 10.0 Å². The van der Waals surface area contributed by atoms with Gasteiger partial charge in [-0.15, -0.1) is 0 Å². The Balaban J connectivity index is 2.14. The van der Waals surface area contributed by atoms with Crippen LogP contribution in [0.15, 0.2) is 47.4 Å². The average Bonchev–Trinajstić information content (AvgIpc) is 2.55. The predicted molar refractivity (Wildman–Crippen MR) is 85.3 cm³/mol. The van der Waals surface area contributed by atoms with E-state index >= 15 is 0 Å². The maximum absolute atomic E-state index is 13.6. The molecule has 2 aromatic carbocycles. The van der Waals surface area contributed by atoms with Crippen LogP contribution in [0.25, 0.3) is 0 Å². The first-order valence-electron chi connectivity index (χ1n) is 6.59. The van der Waals surface area contributed by atoms with Gasteiger partial charge in [0.2, 0.25) is 10.0 Å². The highest BCUT2D eigenvalue weighted by molar-refractivity contribution is 7.89. The Kier molecular flexibility index (Phi) is 5.35.